The number of hydrogen-bond donors (Lipinski definition) is 2. The maximum absolute atomic E-state index is 10.2. The van der Waals surface area contributed by atoms with Gasteiger partial charge in [0.25, 0.3) is 0 Å². The van der Waals surface area contributed by atoms with Gasteiger partial charge in [-0.05, 0) is 23.8 Å². The fourth-order valence-electron chi connectivity index (χ4n) is 2.14. The monoisotopic (exact) mass is 301 g/mol. The van der Waals surface area contributed by atoms with Crippen LogP contribution in [0.25, 0.3) is 11.6 Å². The summed E-state index contributed by atoms with van der Waals surface area (Å²) in [5.74, 6) is 0. The zero-order valence-corrected chi connectivity index (χ0v) is 11.2. The summed E-state index contributed by atoms with van der Waals surface area (Å²) in [7, 11) is 0. The van der Waals surface area contributed by atoms with Gasteiger partial charge in [-0.2, -0.15) is 0 Å². The van der Waals surface area contributed by atoms with Crippen LogP contribution in [0.15, 0.2) is 53.0 Å². The molecule has 0 fully saturated rings. The highest BCUT2D eigenvalue weighted by Crippen LogP contribution is 2.35. The molecule has 0 radical (unpaired) electrons. The molecule has 3 rings (SSSR count). The van der Waals surface area contributed by atoms with Gasteiger partial charge in [-0.15, -0.1) is 0 Å². The quantitative estimate of drug-likeness (QED) is 0.841. The number of anilines is 1. The largest absolute Gasteiger partial charge is 0.369 e. The molecule has 18 heavy (non-hydrogen) atoms. The predicted octanol–water partition coefficient (Wildman–Crippen LogP) is 3.73. The van der Waals surface area contributed by atoms with Gasteiger partial charge in [0.1, 0.15) is 0 Å². The molecule has 0 aromatic heterocycles. The Morgan fingerprint density at radius 3 is 2.56 bits per heavy atom. The van der Waals surface area contributed by atoms with E-state index >= 15 is 0 Å². The molecule has 0 saturated carbocycles. The molecule has 1 unspecified atom stereocenters. The average Bonchev–Trinajstić information content (AvgIpc) is 2.39. The second-order valence-electron chi connectivity index (χ2n) is 4.21. The summed E-state index contributed by atoms with van der Waals surface area (Å²) >= 11 is 3.54. The van der Waals surface area contributed by atoms with E-state index in [9.17, 15) is 5.11 Å². The van der Waals surface area contributed by atoms with Crippen molar-refractivity contribution in [2.45, 2.75) is 6.23 Å². The van der Waals surface area contributed by atoms with Crippen LogP contribution in [0, 0.1) is 0 Å². The summed E-state index contributed by atoms with van der Waals surface area (Å²) in [5.41, 5.74) is 3.92. The molecule has 1 aliphatic rings. The number of aliphatic hydroxyl groups excluding tert-OH is 1. The highest BCUT2D eigenvalue weighted by Gasteiger charge is 2.20. The first-order valence-electron chi connectivity index (χ1n) is 5.76. The van der Waals surface area contributed by atoms with E-state index in [2.05, 4.69) is 21.2 Å². The minimum absolute atomic E-state index is 0.672. The predicted molar refractivity (Wildman–Crippen MR) is 78.1 cm³/mol. The van der Waals surface area contributed by atoms with Crippen LogP contribution in [0.4, 0.5) is 5.69 Å². The van der Waals surface area contributed by atoms with Gasteiger partial charge in [0.2, 0.25) is 0 Å². The minimum atomic E-state index is -0.672. The van der Waals surface area contributed by atoms with Crippen LogP contribution < -0.4 is 5.32 Å². The van der Waals surface area contributed by atoms with Crippen molar-refractivity contribution in [2.24, 2.45) is 0 Å². The first-order chi connectivity index (χ1) is 8.75. The Bertz CT molecular complexity index is 607. The smallest absolute Gasteiger partial charge is 0.151 e. The molecular weight excluding hydrogens is 290 g/mol. The van der Waals surface area contributed by atoms with Crippen LogP contribution in [-0.2, 0) is 0 Å². The molecule has 2 nitrogen and oxygen atoms in total. The van der Waals surface area contributed by atoms with Gasteiger partial charge in [0, 0.05) is 21.3 Å². The molecule has 3 heteroatoms. The van der Waals surface area contributed by atoms with E-state index in [-0.39, 0.29) is 0 Å². The normalized spacial score (nSPS) is 17.7. The third kappa shape index (κ3) is 1.96. The number of hydrogen-bond acceptors (Lipinski definition) is 2. The lowest BCUT2D eigenvalue weighted by atomic mass is 9.97. The zero-order chi connectivity index (χ0) is 12.5. The van der Waals surface area contributed by atoms with E-state index in [4.69, 9.17) is 0 Å². The Kier molecular flexibility index (Phi) is 2.94. The van der Waals surface area contributed by atoms with Crippen molar-refractivity contribution in [3.8, 4) is 0 Å². The van der Waals surface area contributed by atoms with E-state index in [1.807, 2.05) is 54.6 Å². The van der Waals surface area contributed by atoms with Crippen LogP contribution in [0.1, 0.15) is 11.1 Å². The summed E-state index contributed by atoms with van der Waals surface area (Å²) in [4.78, 5) is 0. The molecule has 2 N–H and O–H groups in total. The van der Waals surface area contributed by atoms with Crippen molar-refractivity contribution in [3.63, 3.8) is 0 Å². The number of benzene rings is 2. The molecule has 1 atom stereocenters. The number of halogens is 1. The lowest BCUT2D eigenvalue weighted by molar-refractivity contribution is 0.261. The summed E-state index contributed by atoms with van der Waals surface area (Å²) in [5, 5.41) is 13.3. The van der Waals surface area contributed by atoms with Crippen molar-refractivity contribution < 1.29 is 5.11 Å². The number of aliphatic hydroxyl groups is 1. The Morgan fingerprint density at radius 1 is 1.00 bits per heavy atom. The topological polar surface area (TPSA) is 32.3 Å². The third-order valence-corrected chi connectivity index (χ3v) is 3.74. The van der Waals surface area contributed by atoms with E-state index in [0.717, 1.165) is 26.9 Å². The molecule has 0 saturated heterocycles. The molecule has 0 amide bonds. The lowest BCUT2D eigenvalue weighted by Gasteiger charge is -2.25. The summed E-state index contributed by atoms with van der Waals surface area (Å²) in [6, 6.07) is 15.8. The van der Waals surface area contributed by atoms with E-state index < -0.39 is 6.23 Å². The Morgan fingerprint density at radius 2 is 1.78 bits per heavy atom. The summed E-state index contributed by atoms with van der Waals surface area (Å²) in [6.07, 6.45) is 1.35. The zero-order valence-electron chi connectivity index (χ0n) is 9.60. The second kappa shape index (κ2) is 4.59. The molecule has 0 bridgehead atoms. The first kappa shape index (κ1) is 11.5. The van der Waals surface area contributed by atoms with Gasteiger partial charge >= 0.3 is 0 Å². The average molecular weight is 302 g/mol. The highest BCUT2D eigenvalue weighted by atomic mass is 79.9. The molecule has 0 spiro atoms. The van der Waals surface area contributed by atoms with Crippen molar-refractivity contribution in [1.82, 2.24) is 0 Å². The number of rotatable bonds is 1. The van der Waals surface area contributed by atoms with Gasteiger partial charge in [0.15, 0.2) is 6.23 Å². The van der Waals surface area contributed by atoms with Gasteiger partial charge in [0.05, 0.1) is 0 Å². The fraction of sp³-hybridized carbons (Fsp3) is 0.0667. The molecule has 2 aromatic carbocycles. The molecular formula is C15H12BrNO. The maximum atomic E-state index is 10.2. The van der Waals surface area contributed by atoms with Crippen LogP contribution >= 0.6 is 15.9 Å². The van der Waals surface area contributed by atoms with Crippen molar-refractivity contribution in [3.05, 3.63) is 64.1 Å². The first-order valence-corrected chi connectivity index (χ1v) is 6.55. The molecule has 1 aliphatic heterocycles. The number of fused-ring (bicyclic) bond motifs is 1. The Labute approximate surface area is 114 Å². The van der Waals surface area contributed by atoms with Crippen LogP contribution in [-0.4, -0.2) is 11.3 Å². The summed E-state index contributed by atoms with van der Waals surface area (Å²) < 4.78 is 1.02. The molecule has 0 aliphatic carbocycles. The van der Waals surface area contributed by atoms with E-state index in [1.165, 1.54) is 0 Å². The summed E-state index contributed by atoms with van der Waals surface area (Å²) in [6.45, 7) is 0. The molecule has 90 valence electrons. The Balaban J connectivity index is 2.14. The third-order valence-electron chi connectivity index (χ3n) is 3.05. The molecule has 1 heterocycles. The second-order valence-corrected chi connectivity index (χ2v) is 5.07. The van der Waals surface area contributed by atoms with Gasteiger partial charge < -0.3 is 10.4 Å². The fourth-order valence-corrected chi connectivity index (χ4v) is 2.62. The maximum Gasteiger partial charge on any atom is 0.151 e. The van der Waals surface area contributed by atoms with Crippen LogP contribution in [0.2, 0.25) is 0 Å². The van der Waals surface area contributed by atoms with Crippen molar-refractivity contribution in [2.75, 3.05) is 5.32 Å². The molecule has 2 aromatic rings. The van der Waals surface area contributed by atoms with Gasteiger partial charge in [-0.1, -0.05) is 52.3 Å². The van der Waals surface area contributed by atoms with Gasteiger partial charge in [-0.25, -0.2) is 0 Å². The minimum Gasteiger partial charge on any atom is -0.369 e. The van der Waals surface area contributed by atoms with Crippen LogP contribution in [0.3, 0.4) is 0 Å². The van der Waals surface area contributed by atoms with Gasteiger partial charge in [-0.3, -0.25) is 0 Å². The highest BCUT2D eigenvalue weighted by molar-refractivity contribution is 9.10. The Hall–Kier alpha value is -1.58. The van der Waals surface area contributed by atoms with Crippen molar-refractivity contribution in [1.29, 1.82) is 0 Å². The van der Waals surface area contributed by atoms with Crippen LogP contribution in [0.5, 0.6) is 0 Å². The number of nitrogens with one attached hydrogen (secondary N) is 1. The van der Waals surface area contributed by atoms with E-state index in [1.54, 1.807) is 0 Å². The standard InChI is InChI=1S/C15H12BrNO/c16-13-7-4-8-14-12(13)9-11(15(18)17-14)10-5-2-1-3-6-10/h1-9,15,17-18H. The lowest BCUT2D eigenvalue weighted by Crippen LogP contribution is -2.23. The van der Waals surface area contributed by atoms with Crippen molar-refractivity contribution >= 4 is 33.3 Å². The van der Waals surface area contributed by atoms with E-state index in [0.29, 0.717) is 0 Å². The SMILES string of the molecule is OC1Nc2cccc(Br)c2C=C1c1ccccc1.